The summed E-state index contributed by atoms with van der Waals surface area (Å²) in [5.74, 6) is 0.701. The Morgan fingerprint density at radius 1 is 1.47 bits per heavy atom. The van der Waals surface area contributed by atoms with E-state index in [2.05, 4.69) is 4.98 Å². The summed E-state index contributed by atoms with van der Waals surface area (Å²) in [5, 5.41) is 0. The number of pyridine rings is 1. The first kappa shape index (κ1) is 10.4. The molecule has 1 aliphatic rings. The molecule has 3 nitrogen and oxygen atoms in total. The van der Waals surface area contributed by atoms with Crippen LogP contribution in [0.2, 0.25) is 0 Å². The van der Waals surface area contributed by atoms with E-state index in [1.165, 1.54) is 0 Å². The van der Waals surface area contributed by atoms with Crippen molar-refractivity contribution in [2.24, 2.45) is 5.73 Å². The van der Waals surface area contributed by atoms with Crippen LogP contribution in [0, 0.1) is 0 Å². The second-order valence-electron chi connectivity index (χ2n) is 4.67. The van der Waals surface area contributed by atoms with E-state index in [0.717, 1.165) is 25.0 Å². The second-order valence-corrected chi connectivity index (χ2v) is 4.67. The zero-order chi connectivity index (χ0) is 10.9. The minimum absolute atomic E-state index is 0.0173. The maximum atomic E-state index is 6.05. The van der Waals surface area contributed by atoms with Crippen molar-refractivity contribution < 1.29 is 4.74 Å². The molecular weight excluding hydrogens is 188 g/mol. The Morgan fingerprint density at radius 2 is 2.20 bits per heavy atom. The molecule has 0 amide bonds. The molecule has 1 aliphatic carbocycles. The van der Waals surface area contributed by atoms with Crippen molar-refractivity contribution in [2.75, 3.05) is 0 Å². The van der Waals surface area contributed by atoms with E-state index in [1.54, 1.807) is 0 Å². The van der Waals surface area contributed by atoms with Crippen LogP contribution in [0.15, 0.2) is 18.2 Å². The Bertz CT molecular complexity index is 345. The molecular formula is C12H18N2O. The van der Waals surface area contributed by atoms with Gasteiger partial charge in [-0.2, -0.15) is 0 Å². The molecule has 15 heavy (non-hydrogen) atoms. The first-order valence-electron chi connectivity index (χ1n) is 5.49. The first-order valence-corrected chi connectivity index (χ1v) is 5.49. The highest BCUT2D eigenvalue weighted by Gasteiger charge is 2.38. The molecule has 82 valence electrons. The van der Waals surface area contributed by atoms with Crippen molar-refractivity contribution in [2.45, 2.75) is 44.8 Å². The smallest absolute Gasteiger partial charge is 0.213 e. The number of nitrogens with zero attached hydrogens (tertiary/aromatic N) is 1. The first-order chi connectivity index (χ1) is 7.07. The van der Waals surface area contributed by atoms with Crippen LogP contribution >= 0.6 is 0 Å². The Kier molecular flexibility index (Phi) is 2.65. The summed E-state index contributed by atoms with van der Waals surface area (Å²) < 4.78 is 5.54. The fraction of sp³-hybridized carbons (Fsp3) is 0.583. The van der Waals surface area contributed by atoms with Gasteiger partial charge < -0.3 is 10.5 Å². The van der Waals surface area contributed by atoms with Gasteiger partial charge in [0.15, 0.2) is 0 Å². The predicted molar refractivity (Wildman–Crippen MR) is 59.9 cm³/mol. The average Bonchev–Trinajstić information content (AvgIpc) is 2.82. The number of ether oxygens (including phenoxy) is 1. The molecule has 0 unspecified atom stereocenters. The summed E-state index contributed by atoms with van der Waals surface area (Å²) >= 11 is 0. The largest absolute Gasteiger partial charge is 0.475 e. The molecule has 1 aromatic rings. The van der Waals surface area contributed by atoms with Gasteiger partial charge in [-0.15, -0.1) is 0 Å². The molecule has 0 aromatic carbocycles. The molecule has 1 aromatic heterocycles. The van der Waals surface area contributed by atoms with E-state index in [4.69, 9.17) is 10.5 Å². The highest BCUT2D eigenvalue weighted by molar-refractivity contribution is 5.19. The van der Waals surface area contributed by atoms with Crippen LogP contribution in [-0.2, 0) is 6.42 Å². The molecule has 0 spiro atoms. The standard InChI is InChI=1S/C12H18N2O/c1-9(2)15-11-5-3-4-10(14-11)8-12(13)6-7-12/h3-5,9H,6-8,13H2,1-2H3. The monoisotopic (exact) mass is 206 g/mol. The average molecular weight is 206 g/mol. The highest BCUT2D eigenvalue weighted by Crippen LogP contribution is 2.35. The highest BCUT2D eigenvalue weighted by atomic mass is 16.5. The summed E-state index contributed by atoms with van der Waals surface area (Å²) in [6, 6.07) is 5.88. The normalized spacial score (nSPS) is 17.9. The number of hydrogen-bond acceptors (Lipinski definition) is 3. The van der Waals surface area contributed by atoms with E-state index >= 15 is 0 Å². The summed E-state index contributed by atoms with van der Waals surface area (Å²) in [5.41, 5.74) is 7.10. The molecule has 0 saturated heterocycles. The van der Waals surface area contributed by atoms with Crippen LogP contribution in [-0.4, -0.2) is 16.6 Å². The third-order valence-electron chi connectivity index (χ3n) is 2.56. The van der Waals surface area contributed by atoms with Crippen molar-refractivity contribution in [1.82, 2.24) is 4.98 Å². The number of nitrogens with two attached hydrogens (primary N) is 1. The minimum atomic E-state index is 0.0173. The minimum Gasteiger partial charge on any atom is -0.475 e. The Labute approximate surface area is 90.7 Å². The third kappa shape index (κ3) is 2.93. The molecule has 2 N–H and O–H groups in total. The van der Waals surface area contributed by atoms with Crippen molar-refractivity contribution in [3.05, 3.63) is 23.9 Å². The molecule has 0 bridgehead atoms. The third-order valence-corrected chi connectivity index (χ3v) is 2.56. The quantitative estimate of drug-likeness (QED) is 0.818. The molecule has 1 saturated carbocycles. The van der Waals surface area contributed by atoms with E-state index in [1.807, 2.05) is 32.0 Å². The molecule has 3 heteroatoms. The Morgan fingerprint density at radius 3 is 2.80 bits per heavy atom. The Hall–Kier alpha value is -1.09. The lowest BCUT2D eigenvalue weighted by Gasteiger charge is -2.11. The van der Waals surface area contributed by atoms with Gasteiger partial charge in [-0.25, -0.2) is 4.98 Å². The number of aromatic nitrogens is 1. The zero-order valence-electron chi connectivity index (χ0n) is 9.36. The molecule has 0 atom stereocenters. The summed E-state index contributed by atoms with van der Waals surface area (Å²) in [6.07, 6.45) is 3.26. The lowest BCUT2D eigenvalue weighted by atomic mass is 10.1. The lowest BCUT2D eigenvalue weighted by molar-refractivity contribution is 0.232. The van der Waals surface area contributed by atoms with Gasteiger partial charge in [0.2, 0.25) is 5.88 Å². The van der Waals surface area contributed by atoms with Gasteiger partial charge in [0, 0.05) is 23.7 Å². The van der Waals surface area contributed by atoms with E-state index in [0.29, 0.717) is 5.88 Å². The van der Waals surface area contributed by atoms with Gasteiger partial charge in [0.05, 0.1) is 6.10 Å². The van der Waals surface area contributed by atoms with E-state index in [-0.39, 0.29) is 11.6 Å². The van der Waals surface area contributed by atoms with E-state index in [9.17, 15) is 0 Å². The molecule has 1 heterocycles. The second kappa shape index (κ2) is 3.81. The van der Waals surface area contributed by atoms with Crippen molar-refractivity contribution in [3.63, 3.8) is 0 Å². The molecule has 0 radical (unpaired) electrons. The van der Waals surface area contributed by atoms with Gasteiger partial charge in [-0.3, -0.25) is 0 Å². The van der Waals surface area contributed by atoms with Crippen LogP contribution in [0.25, 0.3) is 0 Å². The Balaban J connectivity index is 2.05. The van der Waals surface area contributed by atoms with Crippen LogP contribution in [0.1, 0.15) is 32.4 Å². The van der Waals surface area contributed by atoms with Crippen LogP contribution < -0.4 is 10.5 Å². The van der Waals surface area contributed by atoms with Gasteiger partial charge in [-0.1, -0.05) is 6.07 Å². The fourth-order valence-corrected chi connectivity index (χ4v) is 1.56. The maximum absolute atomic E-state index is 6.05. The zero-order valence-corrected chi connectivity index (χ0v) is 9.36. The molecule has 0 aliphatic heterocycles. The van der Waals surface area contributed by atoms with Crippen LogP contribution in [0.4, 0.5) is 0 Å². The van der Waals surface area contributed by atoms with E-state index < -0.39 is 0 Å². The van der Waals surface area contributed by atoms with Gasteiger partial charge in [0.25, 0.3) is 0 Å². The number of hydrogen-bond donors (Lipinski definition) is 1. The SMILES string of the molecule is CC(C)Oc1cccc(CC2(N)CC2)n1. The van der Waals surface area contributed by atoms with Gasteiger partial charge >= 0.3 is 0 Å². The molecule has 2 rings (SSSR count). The molecule has 1 fully saturated rings. The summed E-state index contributed by atoms with van der Waals surface area (Å²) in [7, 11) is 0. The maximum Gasteiger partial charge on any atom is 0.213 e. The summed E-state index contributed by atoms with van der Waals surface area (Å²) in [6.45, 7) is 4.00. The van der Waals surface area contributed by atoms with Crippen molar-refractivity contribution >= 4 is 0 Å². The fourth-order valence-electron chi connectivity index (χ4n) is 1.56. The van der Waals surface area contributed by atoms with Gasteiger partial charge in [-0.05, 0) is 32.8 Å². The predicted octanol–water partition coefficient (Wildman–Crippen LogP) is 1.90. The van der Waals surface area contributed by atoms with Gasteiger partial charge in [0.1, 0.15) is 0 Å². The van der Waals surface area contributed by atoms with Crippen molar-refractivity contribution in [1.29, 1.82) is 0 Å². The van der Waals surface area contributed by atoms with Crippen LogP contribution in [0.3, 0.4) is 0 Å². The topological polar surface area (TPSA) is 48.1 Å². The van der Waals surface area contributed by atoms with Crippen molar-refractivity contribution in [3.8, 4) is 5.88 Å². The lowest BCUT2D eigenvalue weighted by Crippen LogP contribution is -2.25. The number of rotatable bonds is 4. The summed E-state index contributed by atoms with van der Waals surface area (Å²) in [4.78, 5) is 4.44. The van der Waals surface area contributed by atoms with Crippen LogP contribution in [0.5, 0.6) is 5.88 Å².